The standard InChI is InChI=1S/C15H17N3O2S2/c1-10(2)14(13-4-3-9-22-13)17-15(21)16-11-5-7-12(8-6-11)18(19)20/h3-10,14H,1-2H3,(H2,16,17,21)/t14-/m0/s1. The summed E-state index contributed by atoms with van der Waals surface area (Å²) in [4.78, 5) is 11.4. The second kappa shape index (κ2) is 7.33. The zero-order valence-electron chi connectivity index (χ0n) is 12.3. The Morgan fingerprint density at radius 3 is 2.45 bits per heavy atom. The van der Waals surface area contributed by atoms with Crippen molar-refractivity contribution in [2.75, 3.05) is 5.32 Å². The SMILES string of the molecule is CC(C)[C@H](NC(=S)Nc1ccc([N+](=O)[O-])cc1)c1cccs1. The van der Waals surface area contributed by atoms with Crippen molar-refractivity contribution in [1.29, 1.82) is 0 Å². The second-order valence-corrected chi connectivity index (χ2v) is 6.53. The van der Waals surface area contributed by atoms with Crippen molar-refractivity contribution in [2.24, 2.45) is 5.92 Å². The number of nitrogens with one attached hydrogen (secondary N) is 2. The highest BCUT2D eigenvalue weighted by Gasteiger charge is 2.17. The van der Waals surface area contributed by atoms with Crippen molar-refractivity contribution in [3.63, 3.8) is 0 Å². The number of nitro groups is 1. The predicted octanol–water partition coefficient (Wildman–Crippen LogP) is 4.34. The molecular formula is C15H17N3O2S2. The van der Waals surface area contributed by atoms with Crippen molar-refractivity contribution < 1.29 is 4.92 Å². The van der Waals surface area contributed by atoms with E-state index < -0.39 is 4.92 Å². The first-order chi connectivity index (χ1) is 10.5. The van der Waals surface area contributed by atoms with Crippen LogP contribution in [0, 0.1) is 16.0 Å². The Balaban J connectivity index is 2.00. The minimum absolute atomic E-state index is 0.0584. The zero-order valence-corrected chi connectivity index (χ0v) is 13.9. The van der Waals surface area contributed by atoms with E-state index >= 15 is 0 Å². The van der Waals surface area contributed by atoms with E-state index in [1.807, 2.05) is 11.4 Å². The van der Waals surface area contributed by atoms with Crippen LogP contribution in [-0.2, 0) is 0 Å². The topological polar surface area (TPSA) is 67.2 Å². The van der Waals surface area contributed by atoms with Crippen LogP contribution in [0.25, 0.3) is 0 Å². The molecule has 0 saturated carbocycles. The summed E-state index contributed by atoms with van der Waals surface area (Å²) >= 11 is 7.03. The Kier molecular flexibility index (Phi) is 5.46. The fraction of sp³-hybridized carbons (Fsp3) is 0.267. The van der Waals surface area contributed by atoms with Gasteiger partial charge in [0.05, 0.1) is 11.0 Å². The molecule has 0 aliphatic heterocycles. The van der Waals surface area contributed by atoms with Crippen LogP contribution in [0.15, 0.2) is 41.8 Å². The predicted molar refractivity (Wildman–Crippen MR) is 94.4 cm³/mol. The van der Waals surface area contributed by atoms with E-state index in [1.165, 1.54) is 17.0 Å². The average Bonchev–Trinajstić information content (AvgIpc) is 2.99. The molecule has 0 aliphatic carbocycles. The summed E-state index contributed by atoms with van der Waals surface area (Å²) in [6.07, 6.45) is 0. The number of rotatable bonds is 5. The van der Waals surface area contributed by atoms with Gasteiger partial charge in [-0.3, -0.25) is 10.1 Å². The summed E-state index contributed by atoms with van der Waals surface area (Å²) in [5.74, 6) is 0.385. The molecule has 0 bridgehead atoms. The second-order valence-electron chi connectivity index (χ2n) is 5.14. The van der Waals surface area contributed by atoms with E-state index in [2.05, 4.69) is 30.5 Å². The van der Waals surface area contributed by atoms with Gasteiger partial charge < -0.3 is 10.6 Å². The number of non-ortho nitro benzene ring substituents is 1. The first-order valence-electron chi connectivity index (χ1n) is 6.82. The Morgan fingerprint density at radius 2 is 1.95 bits per heavy atom. The maximum atomic E-state index is 10.6. The summed E-state index contributed by atoms with van der Waals surface area (Å²) in [6, 6.07) is 10.4. The van der Waals surface area contributed by atoms with Crippen molar-refractivity contribution in [3.05, 3.63) is 56.8 Å². The third-order valence-electron chi connectivity index (χ3n) is 3.14. The van der Waals surface area contributed by atoms with Gasteiger partial charge in [-0.15, -0.1) is 11.3 Å². The van der Waals surface area contributed by atoms with Gasteiger partial charge in [-0.1, -0.05) is 19.9 Å². The summed E-state index contributed by atoms with van der Waals surface area (Å²) in [6.45, 7) is 4.26. The highest BCUT2D eigenvalue weighted by atomic mass is 32.1. The molecule has 1 heterocycles. The van der Waals surface area contributed by atoms with Gasteiger partial charge in [-0.2, -0.15) is 0 Å². The van der Waals surface area contributed by atoms with Gasteiger partial charge in [-0.25, -0.2) is 0 Å². The number of benzene rings is 1. The summed E-state index contributed by atoms with van der Waals surface area (Å²) in [5.41, 5.74) is 0.778. The molecule has 0 amide bonds. The van der Waals surface area contributed by atoms with Gasteiger partial charge in [0.25, 0.3) is 5.69 Å². The largest absolute Gasteiger partial charge is 0.355 e. The first kappa shape index (κ1) is 16.4. The van der Waals surface area contributed by atoms with Crippen LogP contribution >= 0.6 is 23.6 Å². The van der Waals surface area contributed by atoms with Crippen LogP contribution in [0.1, 0.15) is 24.8 Å². The molecule has 0 saturated heterocycles. The van der Waals surface area contributed by atoms with E-state index in [1.54, 1.807) is 23.5 Å². The smallest absolute Gasteiger partial charge is 0.269 e. The lowest BCUT2D eigenvalue weighted by Gasteiger charge is -2.23. The molecule has 0 radical (unpaired) electrons. The third-order valence-corrected chi connectivity index (χ3v) is 4.31. The molecule has 2 rings (SSSR count). The monoisotopic (exact) mass is 335 g/mol. The minimum atomic E-state index is -0.425. The number of nitrogens with zero attached hydrogens (tertiary/aromatic N) is 1. The van der Waals surface area contributed by atoms with Crippen molar-refractivity contribution >= 4 is 40.0 Å². The molecule has 116 valence electrons. The molecule has 22 heavy (non-hydrogen) atoms. The van der Waals surface area contributed by atoms with Crippen LogP contribution in [0.4, 0.5) is 11.4 Å². The molecule has 7 heteroatoms. The van der Waals surface area contributed by atoms with Crippen molar-refractivity contribution in [3.8, 4) is 0 Å². The maximum Gasteiger partial charge on any atom is 0.269 e. The quantitative estimate of drug-likeness (QED) is 0.483. The first-order valence-corrected chi connectivity index (χ1v) is 8.11. The lowest BCUT2D eigenvalue weighted by Crippen LogP contribution is -2.34. The van der Waals surface area contributed by atoms with E-state index in [-0.39, 0.29) is 11.7 Å². The molecule has 0 spiro atoms. The molecule has 0 unspecified atom stereocenters. The number of anilines is 1. The zero-order chi connectivity index (χ0) is 16.1. The average molecular weight is 335 g/mol. The Morgan fingerprint density at radius 1 is 1.27 bits per heavy atom. The van der Waals surface area contributed by atoms with Gasteiger partial charge in [0.2, 0.25) is 0 Å². The minimum Gasteiger partial charge on any atom is -0.355 e. The van der Waals surface area contributed by atoms with Gasteiger partial charge >= 0.3 is 0 Å². The van der Waals surface area contributed by atoms with Crippen LogP contribution in [0.3, 0.4) is 0 Å². The molecule has 1 aromatic heterocycles. The summed E-state index contributed by atoms with van der Waals surface area (Å²) in [7, 11) is 0. The Labute approximate surface area is 138 Å². The van der Waals surface area contributed by atoms with Crippen LogP contribution < -0.4 is 10.6 Å². The fourth-order valence-electron chi connectivity index (χ4n) is 2.01. The fourth-order valence-corrected chi connectivity index (χ4v) is 3.20. The molecule has 2 aromatic rings. The van der Waals surface area contributed by atoms with Gasteiger partial charge in [0.15, 0.2) is 5.11 Å². The number of thiophene rings is 1. The molecular weight excluding hydrogens is 318 g/mol. The van der Waals surface area contributed by atoms with Gasteiger partial charge in [-0.05, 0) is 41.7 Å². The molecule has 2 N–H and O–H groups in total. The van der Waals surface area contributed by atoms with Crippen molar-refractivity contribution in [1.82, 2.24) is 5.32 Å². The lowest BCUT2D eigenvalue weighted by atomic mass is 10.0. The Bertz CT molecular complexity index is 639. The molecule has 1 aromatic carbocycles. The highest BCUT2D eigenvalue weighted by molar-refractivity contribution is 7.80. The normalized spacial score (nSPS) is 12.0. The van der Waals surface area contributed by atoms with Gasteiger partial charge in [0, 0.05) is 22.7 Å². The molecule has 1 atom stereocenters. The van der Waals surface area contributed by atoms with E-state index in [0.717, 1.165) is 5.69 Å². The van der Waals surface area contributed by atoms with Crippen LogP contribution in [0.2, 0.25) is 0 Å². The van der Waals surface area contributed by atoms with Gasteiger partial charge in [0.1, 0.15) is 0 Å². The lowest BCUT2D eigenvalue weighted by molar-refractivity contribution is -0.384. The number of nitro benzene ring substituents is 1. The molecule has 5 nitrogen and oxygen atoms in total. The maximum absolute atomic E-state index is 10.6. The number of hydrogen-bond donors (Lipinski definition) is 2. The molecule has 0 fully saturated rings. The number of thiocarbonyl (C=S) groups is 1. The summed E-state index contributed by atoms with van der Waals surface area (Å²) < 4.78 is 0. The molecule has 0 aliphatic rings. The highest BCUT2D eigenvalue weighted by Crippen LogP contribution is 2.26. The van der Waals surface area contributed by atoms with Crippen molar-refractivity contribution in [2.45, 2.75) is 19.9 Å². The number of hydrogen-bond acceptors (Lipinski definition) is 4. The van der Waals surface area contributed by atoms with E-state index in [9.17, 15) is 10.1 Å². The van der Waals surface area contributed by atoms with E-state index in [0.29, 0.717) is 11.0 Å². The van der Waals surface area contributed by atoms with Crippen LogP contribution in [-0.4, -0.2) is 10.0 Å². The van der Waals surface area contributed by atoms with Crippen LogP contribution in [0.5, 0.6) is 0 Å². The summed E-state index contributed by atoms with van der Waals surface area (Å²) in [5, 5.41) is 19.5. The third kappa shape index (κ3) is 4.25. The van der Waals surface area contributed by atoms with E-state index in [4.69, 9.17) is 12.2 Å². The Hall–Kier alpha value is -1.99.